The third-order valence-electron chi connectivity index (χ3n) is 5.53. The van der Waals surface area contributed by atoms with Crippen molar-refractivity contribution in [2.45, 2.75) is 57.7 Å². The van der Waals surface area contributed by atoms with Crippen molar-refractivity contribution in [3.05, 3.63) is 23.8 Å². The van der Waals surface area contributed by atoms with Crippen LogP contribution in [0.1, 0.15) is 51.5 Å². The molecule has 0 aromatic heterocycles. The van der Waals surface area contributed by atoms with Crippen LogP contribution in [0.15, 0.2) is 18.2 Å². The molecule has 8 heteroatoms. The summed E-state index contributed by atoms with van der Waals surface area (Å²) >= 11 is 0. The van der Waals surface area contributed by atoms with Gasteiger partial charge < -0.3 is 20.1 Å². The Bertz CT molecular complexity index is 667. The third kappa shape index (κ3) is 5.77. The second kappa shape index (κ2) is 9.03. The molecule has 5 nitrogen and oxygen atoms in total. The Labute approximate surface area is 163 Å². The fourth-order valence-electron chi connectivity index (χ4n) is 3.60. The number of rotatable bonds is 6. The van der Waals surface area contributed by atoms with Crippen molar-refractivity contribution < 1.29 is 27.8 Å². The van der Waals surface area contributed by atoms with E-state index in [2.05, 4.69) is 19.2 Å². The van der Waals surface area contributed by atoms with Gasteiger partial charge in [0.25, 0.3) is 0 Å². The van der Waals surface area contributed by atoms with Crippen LogP contribution in [0.25, 0.3) is 0 Å². The zero-order valence-corrected chi connectivity index (χ0v) is 16.6. The minimum Gasteiger partial charge on any atom is -0.497 e. The number of likely N-dealkylation sites (tertiary alicyclic amines) is 1. The van der Waals surface area contributed by atoms with E-state index < -0.39 is 23.4 Å². The molecule has 0 atom stereocenters. The van der Waals surface area contributed by atoms with E-state index in [9.17, 15) is 23.1 Å². The van der Waals surface area contributed by atoms with Gasteiger partial charge in [-0.15, -0.1) is 0 Å². The van der Waals surface area contributed by atoms with Crippen molar-refractivity contribution in [3.63, 3.8) is 0 Å². The van der Waals surface area contributed by atoms with Crippen LogP contribution >= 0.6 is 0 Å². The first-order chi connectivity index (χ1) is 13.1. The van der Waals surface area contributed by atoms with Crippen molar-refractivity contribution in [3.8, 4) is 5.75 Å². The minimum absolute atomic E-state index is 0.0170. The Kier molecular flexibility index (Phi) is 7.20. The molecule has 158 valence electrons. The first kappa shape index (κ1) is 22.3. The van der Waals surface area contributed by atoms with E-state index in [1.165, 1.54) is 18.1 Å². The monoisotopic (exact) mass is 402 g/mol. The predicted octanol–water partition coefficient (Wildman–Crippen LogP) is 4.90. The summed E-state index contributed by atoms with van der Waals surface area (Å²) in [5.74, 6) is 0.464. The molecule has 1 saturated heterocycles. The number of carbonyl (C=O) groups excluding carboxylic acids is 1. The lowest BCUT2D eigenvalue weighted by atomic mass is 9.81. The number of amides is 2. The summed E-state index contributed by atoms with van der Waals surface area (Å²) < 4.78 is 44.0. The molecular weight excluding hydrogens is 373 g/mol. The largest absolute Gasteiger partial charge is 0.497 e. The fraction of sp³-hybridized carbons (Fsp3) is 0.650. The number of nitrogens with zero attached hydrogens (tertiary/aromatic N) is 1. The molecule has 0 saturated carbocycles. The van der Waals surface area contributed by atoms with Gasteiger partial charge in [-0.25, -0.2) is 4.79 Å². The maximum atomic E-state index is 13.0. The van der Waals surface area contributed by atoms with Gasteiger partial charge in [0.15, 0.2) is 0 Å². The van der Waals surface area contributed by atoms with Crippen LogP contribution in [-0.2, 0) is 6.18 Å². The van der Waals surface area contributed by atoms with Gasteiger partial charge in [-0.05, 0) is 37.3 Å². The van der Waals surface area contributed by atoms with Gasteiger partial charge in [-0.2, -0.15) is 13.2 Å². The van der Waals surface area contributed by atoms with E-state index in [1.807, 2.05) is 0 Å². The first-order valence-electron chi connectivity index (χ1n) is 9.64. The molecule has 0 spiro atoms. The van der Waals surface area contributed by atoms with Crippen LogP contribution in [-0.4, -0.2) is 41.8 Å². The molecule has 1 fully saturated rings. The zero-order chi connectivity index (χ0) is 20.9. The van der Waals surface area contributed by atoms with Gasteiger partial charge in [-0.1, -0.05) is 26.7 Å². The average molecular weight is 402 g/mol. The van der Waals surface area contributed by atoms with Crippen molar-refractivity contribution in [1.29, 1.82) is 0 Å². The van der Waals surface area contributed by atoms with Crippen molar-refractivity contribution in [2.75, 3.05) is 25.5 Å². The third-order valence-corrected chi connectivity index (χ3v) is 5.53. The quantitative estimate of drug-likeness (QED) is 0.712. The van der Waals surface area contributed by atoms with Crippen molar-refractivity contribution >= 4 is 11.7 Å². The van der Waals surface area contributed by atoms with E-state index >= 15 is 0 Å². The van der Waals surface area contributed by atoms with Crippen LogP contribution in [0, 0.1) is 5.92 Å². The number of halogens is 3. The molecule has 2 amide bonds. The van der Waals surface area contributed by atoms with Gasteiger partial charge in [0.1, 0.15) is 5.75 Å². The van der Waals surface area contributed by atoms with Crippen LogP contribution in [0.2, 0.25) is 0 Å². The number of hydrogen-bond acceptors (Lipinski definition) is 3. The van der Waals surface area contributed by atoms with Gasteiger partial charge in [-0.3, -0.25) is 0 Å². The number of anilines is 1. The van der Waals surface area contributed by atoms with Gasteiger partial charge >= 0.3 is 12.2 Å². The second-order valence-electron chi connectivity index (χ2n) is 7.48. The highest BCUT2D eigenvalue weighted by Crippen LogP contribution is 2.35. The summed E-state index contributed by atoms with van der Waals surface area (Å²) in [6, 6.07) is 2.63. The van der Waals surface area contributed by atoms with Crippen LogP contribution in [0.5, 0.6) is 5.75 Å². The Morgan fingerprint density at radius 2 is 1.86 bits per heavy atom. The number of carbonyl (C=O) groups is 1. The summed E-state index contributed by atoms with van der Waals surface area (Å²) in [5, 5.41) is 13.3. The zero-order valence-electron chi connectivity index (χ0n) is 16.6. The first-order valence-corrected chi connectivity index (χ1v) is 9.64. The molecule has 28 heavy (non-hydrogen) atoms. The lowest BCUT2D eigenvalue weighted by Crippen LogP contribution is -2.48. The molecule has 0 bridgehead atoms. The van der Waals surface area contributed by atoms with E-state index in [4.69, 9.17) is 4.74 Å². The van der Waals surface area contributed by atoms with Gasteiger partial charge in [0, 0.05) is 24.8 Å². The fourth-order valence-corrected chi connectivity index (χ4v) is 3.60. The number of aliphatic hydroxyl groups is 1. The molecule has 2 N–H and O–H groups in total. The van der Waals surface area contributed by atoms with E-state index in [0.29, 0.717) is 38.3 Å². The minimum atomic E-state index is -4.54. The Balaban J connectivity index is 2.01. The van der Waals surface area contributed by atoms with Crippen molar-refractivity contribution in [1.82, 2.24) is 4.90 Å². The number of benzene rings is 1. The highest BCUT2D eigenvalue weighted by atomic mass is 19.4. The SMILES string of the molecule is CCC(CC)CC1(O)CCN(C(=O)Nc2cc(OC)cc(C(F)(F)F)c2)CC1. The molecule has 1 aliphatic rings. The molecule has 0 aliphatic carbocycles. The smallest absolute Gasteiger partial charge is 0.416 e. The summed E-state index contributed by atoms with van der Waals surface area (Å²) in [5.41, 5.74) is -1.65. The number of hydrogen-bond donors (Lipinski definition) is 2. The molecule has 0 unspecified atom stereocenters. The Morgan fingerprint density at radius 3 is 2.36 bits per heavy atom. The number of piperidine rings is 1. The topological polar surface area (TPSA) is 61.8 Å². The Hall–Kier alpha value is -1.96. The molecular formula is C20H29F3N2O3. The summed E-state index contributed by atoms with van der Waals surface area (Å²) in [6.45, 7) is 4.92. The number of nitrogens with one attached hydrogen (secondary N) is 1. The highest BCUT2D eigenvalue weighted by Gasteiger charge is 2.36. The van der Waals surface area contributed by atoms with Gasteiger partial charge in [0.05, 0.1) is 18.3 Å². The average Bonchev–Trinajstić information content (AvgIpc) is 2.65. The highest BCUT2D eigenvalue weighted by molar-refractivity contribution is 5.89. The summed E-state index contributed by atoms with van der Waals surface area (Å²) in [7, 11) is 1.27. The normalized spacial score (nSPS) is 16.9. The van der Waals surface area contributed by atoms with E-state index in [1.54, 1.807) is 0 Å². The summed E-state index contributed by atoms with van der Waals surface area (Å²) in [6.07, 6.45) is -0.905. The van der Waals surface area contributed by atoms with E-state index in [-0.39, 0.29) is 11.4 Å². The number of ether oxygens (including phenoxy) is 1. The van der Waals surface area contributed by atoms with Crippen LogP contribution in [0.3, 0.4) is 0 Å². The van der Waals surface area contributed by atoms with Crippen LogP contribution < -0.4 is 10.1 Å². The lowest BCUT2D eigenvalue weighted by Gasteiger charge is -2.39. The summed E-state index contributed by atoms with van der Waals surface area (Å²) in [4.78, 5) is 14.0. The number of urea groups is 1. The lowest BCUT2D eigenvalue weighted by molar-refractivity contribution is -0.137. The molecule has 0 radical (unpaired) electrons. The number of methoxy groups -OCH3 is 1. The Morgan fingerprint density at radius 1 is 1.25 bits per heavy atom. The maximum Gasteiger partial charge on any atom is 0.416 e. The maximum absolute atomic E-state index is 13.0. The molecule has 2 rings (SSSR count). The second-order valence-corrected chi connectivity index (χ2v) is 7.48. The van der Waals surface area contributed by atoms with Gasteiger partial charge in [0.2, 0.25) is 0 Å². The van der Waals surface area contributed by atoms with Crippen molar-refractivity contribution in [2.24, 2.45) is 5.92 Å². The molecule has 1 heterocycles. The van der Waals surface area contributed by atoms with E-state index in [0.717, 1.165) is 25.0 Å². The van der Waals surface area contributed by atoms with Crippen LogP contribution in [0.4, 0.5) is 23.7 Å². The molecule has 1 aliphatic heterocycles. The standard InChI is InChI=1S/C20H29F3N2O3/c1-4-14(5-2)13-19(27)6-8-25(9-7-19)18(26)24-16-10-15(20(21,22)23)11-17(12-16)28-3/h10-12,14,27H,4-9,13H2,1-3H3,(H,24,26). The predicted molar refractivity (Wildman–Crippen MR) is 101 cm³/mol. The molecule has 1 aromatic carbocycles. The molecule has 1 aromatic rings. The number of alkyl halides is 3.